The molecule has 1 aromatic carbocycles. The van der Waals surface area contributed by atoms with E-state index in [4.69, 9.17) is 16.3 Å². The van der Waals surface area contributed by atoms with E-state index in [1.54, 1.807) is 12.1 Å². The van der Waals surface area contributed by atoms with Crippen molar-refractivity contribution < 1.29 is 9.13 Å². The monoisotopic (exact) mass is 384 g/mol. The van der Waals surface area contributed by atoms with Gasteiger partial charge in [0.05, 0.1) is 5.02 Å². The lowest BCUT2D eigenvalue weighted by molar-refractivity contribution is 0.0212. The Balaban J connectivity index is 0.00000132. The van der Waals surface area contributed by atoms with Crippen LogP contribution in [0, 0.1) is 11.7 Å². The number of rotatable bonds is 3. The molecule has 1 atom stereocenters. The second-order valence-corrected chi connectivity index (χ2v) is 6.26. The molecule has 7 heteroatoms. The van der Waals surface area contributed by atoms with Gasteiger partial charge >= 0.3 is 0 Å². The zero-order valence-corrected chi connectivity index (χ0v) is 15.4. The summed E-state index contributed by atoms with van der Waals surface area (Å²) < 4.78 is 19.4. The highest BCUT2D eigenvalue weighted by atomic mass is 35.5. The first kappa shape index (κ1) is 20.9. The van der Waals surface area contributed by atoms with Gasteiger partial charge in [-0.25, -0.2) is 4.39 Å². The average Bonchev–Trinajstić information content (AvgIpc) is 2.53. The van der Waals surface area contributed by atoms with E-state index in [1.165, 1.54) is 0 Å². The van der Waals surface area contributed by atoms with Crippen molar-refractivity contribution in [2.75, 3.05) is 39.4 Å². The Hall–Kier alpha value is -0.100. The Bertz CT molecular complexity index is 462. The summed E-state index contributed by atoms with van der Waals surface area (Å²) in [5, 5.41) is 3.58. The molecule has 1 aromatic rings. The third-order valence-corrected chi connectivity index (χ3v) is 4.85. The maximum Gasteiger partial charge on any atom is 0.142 e. The Kier molecular flexibility index (Phi) is 9.12. The summed E-state index contributed by atoms with van der Waals surface area (Å²) in [7, 11) is 0. The van der Waals surface area contributed by atoms with E-state index in [1.807, 2.05) is 6.07 Å². The molecular formula is C16H24Cl3FN2O. The normalized spacial score (nSPS) is 21.1. The van der Waals surface area contributed by atoms with E-state index in [9.17, 15) is 4.39 Å². The summed E-state index contributed by atoms with van der Waals surface area (Å²) in [6.45, 7) is 5.62. The fourth-order valence-electron chi connectivity index (χ4n) is 3.47. The van der Waals surface area contributed by atoms with Crippen LogP contribution in [0.1, 0.15) is 24.4 Å². The fourth-order valence-corrected chi connectivity index (χ4v) is 3.59. The van der Waals surface area contributed by atoms with Gasteiger partial charge in [-0.1, -0.05) is 17.7 Å². The van der Waals surface area contributed by atoms with Gasteiger partial charge in [-0.05, 0) is 36.5 Å². The topological polar surface area (TPSA) is 24.5 Å². The van der Waals surface area contributed by atoms with Crippen molar-refractivity contribution in [3.8, 4) is 0 Å². The summed E-state index contributed by atoms with van der Waals surface area (Å²) in [6, 6.07) is 5.54. The van der Waals surface area contributed by atoms with Crippen molar-refractivity contribution in [2.45, 2.75) is 18.9 Å². The van der Waals surface area contributed by atoms with Gasteiger partial charge in [-0.2, -0.15) is 0 Å². The van der Waals surface area contributed by atoms with Crippen molar-refractivity contribution in [1.82, 2.24) is 10.2 Å². The second-order valence-electron chi connectivity index (χ2n) is 5.85. The van der Waals surface area contributed by atoms with Crippen LogP contribution in [0.25, 0.3) is 0 Å². The van der Waals surface area contributed by atoms with Crippen LogP contribution >= 0.6 is 36.4 Å². The highest BCUT2D eigenvalue weighted by molar-refractivity contribution is 6.30. The summed E-state index contributed by atoms with van der Waals surface area (Å²) in [5.41, 5.74) is 1.05. The van der Waals surface area contributed by atoms with Crippen molar-refractivity contribution >= 4 is 36.4 Å². The molecule has 0 saturated carbocycles. The molecule has 0 radical (unpaired) electrons. The van der Waals surface area contributed by atoms with E-state index >= 15 is 0 Å². The molecule has 2 fully saturated rings. The van der Waals surface area contributed by atoms with Gasteiger partial charge in [-0.3, -0.25) is 4.90 Å². The molecule has 1 N–H and O–H groups in total. The summed E-state index contributed by atoms with van der Waals surface area (Å²) in [6.07, 6.45) is 2.08. The van der Waals surface area contributed by atoms with Gasteiger partial charge in [0.1, 0.15) is 5.82 Å². The molecule has 0 aliphatic carbocycles. The minimum absolute atomic E-state index is 0. The summed E-state index contributed by atoms with van der Waals surface area (Å²) >= 11 is 5.84. The molecule has 0 bridgehead atoms. The Morgan fingerprint density at radius 2 is 1.83 bits per heavy atom. The van der Waals surface area contributed by atoms with Crippen LogP contribution in [0.15, 0.2) is 18.2 Å². The Morgan fingerprint density at radius 1 is 1.17 bits per heavy atom. The van der Waals surface area contributed by atoms with Gasteiger partial charge in [0, 0.05) is 45.4 Å². The number of piperazine rings is 1. The van der Waals surface area contributed by atoms with Crippen molar-refractivity contribution in [3.63, 3.8) is 0 Å². The highest BCUT2D eigenvalue weighted by Crippen LogP contribution is 2.36. The second kappa shape index (κ2) is 10.0. The molecular weight excluding hydrogens is 362 g/mol. The van der Waals surface area contributed by atoms with Gasteiger partial charge < -0.3 is 10.1 Å². The van der Waals surface area contributed by atoms with Crippen LogP contribution < -0.4 is 5.32 Å². The predicted octanol–water partition coefficient (Wildman–Crippen LogP) is 3.70. The van der Waals surface area contributed by atoms with Crippen molar-refractivity contribution in [1.29, 1.82) is 0 Å². The summed E-state index contributed by atoms with van der Waals surface area (Å²) in [4.78, 5) is 2.48. The molecule has 2 aliphatic rings. The van der Waals surface area contributed by atoms with Gasteiger partial charge in [0.25, 0.3) is 0 Å². The standard InChI is InChI=1S/C16H22ClFN2O.2ClH/c17-14-2-1-13(11-15(14)18)16(12-3-9-21-10-4-12)20-7-5-19-6-8-20;;/h1-2,11-12,16,19H,3-10H2;2*1H/t16-;;/m0../s1. The largest absolute Gasteiger partial charge is 0.381 e. The predicted molar refractivity (Wildman–Crippen MR) is 96.6 cm³/mol. The number of hydrogen-bond donors (Lipinski definition) is 1. The molecule has 3 rings (SSSR count). The first-order valence-electron chi connectivity index (χ1n) is 7.73. The van der Waals surface area contributed by atoms with Crippen LogP contribution in [0.2, 0.25) is 5.02 Å². The molecule has 0 spiro atoms. The lowest BCUT2D eigenvalue weighted by Gasteiger charge is -2.41. The Morgan fingerprint density at radius 3 is 2.43 bits per heavy atom. The van der Waals surface area contributed by atoms with Crippen LogP contribution in [0.5, 0.6) is 0 Å². The molecule has 2 aliphatic heterocycles. The molecule has 0 unspecified atom stereocenters. The van der Waals surface area contributed by atoms with Crippen molar-refractivity contribution in [2.24, 2.45) is 5.92 Å². The smallest absolute Gasteiger partial charge is 0.142 e. The van der Waals surface area contributed by atoms with Crippen LogP contribution in [0.4, 0.5) is 4.39 Å². The van der Waals surface area contributed by atoms with E-state index in [0.29, 0.717) is 5.92 Å². The van der Waals surface area contributed by atoms with E-state index < -0.39 is 0 Å². The quantitative estimate of drug-likeness (QED) is 0.858. The number of nitrogens with one attached hydrogen (secondary N) is 1. The number of hydrogen-bond acceptors (Lipinski definition) is 3. The highest BCUT2D eigenvalue weighted by Gasteiger charge is 2.31. The zero-order chi connectivity index (χ0) is 14.7. The molecule has 23 heavy (non-hydrogen) atoms. The van der Waals surface area contributed by atoms with Crippen LogP contribution in [-0.4, -0.2) is 44.3 Å². The van der Waals surface area contributed by atoms with Gasteiger partial charge in [0.2, 0.25) is 0 Å². The van der Waals surface area contributed by atoms with Gasteiger partial charge in [-0.15, -0.1) is 24.8 Å². The first-order valence-corrected chi connectivity index (χ1v) is 8.11. The first-order chi connectivity index (χ1) is 10.3. The number of benzene rings is 1. The lowest BCUT2D eigenvalue weighted by atomic mass is 9.85. The number of ether oxygens (including phenoxy) is 1. The van der Waals surface area contributed by atoms with Crippen molar-refractivity contribution in [3.05, 3.63) is 34.6 Å². The third kappa shape index (κ3) is 5.18. The molecule has 0 amide bonds. The fraction of sp³-hybridized carbons (Fsp3) is 0.625. The molecule has 3 nitrogen and oxygen atoms in total. The van der Waals surface area contributed by atoms with Crippen LogP contribution in [0.3, 0.4) is 0 Å². The van der Waals surface area contributed by atoms with E-state index in [2.05, 4.69) is 10.2 Å². The van der Waals surface area contributed by atoms with E-state index in [-0.39, 0.29) is 41.7 Å². The third-order valence-electron chi connectivity index (χ3n) is 4.54. The Labute approximate surface area is 154 Å². The van der Waals surface area contributed by atoms with Crippen LogP contribution in [-0.2, 0) is 4.74 Å². The SMILES string of the molecule is Cl.Cl.Fc1cc([C@H](C2CCOCC2)N2CCNCC2)ccc1Cl. The number of halogens is 4. The van der Waals surface area contributed by atoms with Gasteiger partial charge in [0.15, 0.2) is 0 Å². The maximum atomic E-state index is 13.9. The lowest BCUT2D eigenvalue weighted by Crippen LogP contribution is -2.47. The zero-order valence-electron chi connectivity index (χ0n) is 13.0. The molecule has 0 aromatic heterocycles. The molecule has 2 heterocycles. The minimum Gasteiger partial charge on any atom is -0.381 e. The average molecular weight is 386 g/mol. The molecule has 132 valence electrons. The molecule has 2 saturated heterocycles. The van der Waals surface area contributed by atoms with E-state index in [0.717, 1.165) is 57.8 Å². The summed E-state index contributed by atoms with van der Waals surface area (Å²) in [5.74, 6) is 0.207. The maximum absolute atomic E-state index is 13.9. The minimum atomic E-state index is -0.318. The number of nitrogens with zero attached hydrogens (tertiary/aromatic N) is 1.